The van der Waals surface area contributed by atoms with Gasteiger partial charge in [0.15, 0.2) is 0 Å². The molecule has 106 valence electrons. The lowest BCUT2D eigenvalue weighted by atomic mass is 9.71. The van der Waals surface area contributed by atoms with Crippen molar-refractivity contribution in [3.8, 4) is 0 Å². The van der Waals surface area contributed by atoms with Gasteiger partial charge < -0.3 is 10.0 Å². The van der Waals surface area contributed by atoms with Gasteiger partial charge in [-0.2, -0.15) is 0 Å². The second-order valence-electron chi connectivity index (χ2n) is 6.32. The SMILES string of the molecule is Cc1ccc(C(O)C2(N(C)C)CCC(C)CC2)cn1. The average Bonchev–Trinajstić information content (AvgIpc) is 2.39. The molecule has 3 nitrogen and oxygen atoms in total. The minimum Gasteiger partial charge on any atom is -0.386 e. The molecule has 1 saturated carbocycles. The lowest BCUT2D eigenvalue weighted by Crippen LogP contribution is -2.51. The summed E-state index contributed by atoms with van der Waals surface area (Å²) in [6.45, 7) is 4.28. The Hall–Kier alpha value is -0.930. The summed E-state index contributed by atoms with van der Waals surface area (Å²) in [5.41, 5.74) is 1.80. The van der Waals surface area contributed by atoms with Gasteiger partial charge in [-0.05, 0) is 58.7 Å². The molecule has 19 heavy (non-hydrogen) atoms. The Bertz CT molecular complexity index is 405. The standard InChI is InChI=1S/C16H26N2O/c1-12-7-9-16(10-8-12,18(3)4)15(19)14-6-5-13(2)17-11-14/h5-6,11-12,15,19H,7-10H2,1-4H3. The number of hydrogen-bond acceptors (Lipinski definition) is 3. The molecule has 0 bridgehead atoms. The number of pyridine rings is 1. The van der Waals surface area contributed by atoms with Crippen LogP contribution in [0.25, 0.3) is 0 Å². The van der Waals surface area contributed by atoms with Gasteiger partial charge in [-0.3, -0.25) is 4.98 Å². The molecule has 0 amide bonds. The third-order valence-corrected chi connectivity index (χ3v) is 4.79. The summed E-state index contributed by atoms with van der Waals surface area (Å²) < 4.78 is 0. The Balaban J connectivity index is 2.26. The van der Waals surface area contributed by atoms with Crippen molar-refractivity contribution in [1.29, 1.82) is 0 Å². The summed E-state index contributed by atoms with van der Waals surface area (Å²) in [5.74, 6) is 0.774. The molecule has 1 unspecified atom stereocenters. The van der Waals surface area contributed by atoms with Crippen molar-refractivity contribution in [3.63, 3.8) is 0 Å². The molecule has 3 heteroatoms. The zero-order valence-electron chi connectivity index (χ0n) is 12.6. The number of aromatic nitrogens is 1. The second-order valence-corrected chi connectivity index (χ2v) is 6.32. The van der Waals surface area contributed by atoms with E-state index in [1.807, 2.05) is 25.3 Å². The molecule has 2 rings (SSSR count). The maximum absolute atomic E-state index is 10.9. The Morgan fingerprint density at radius 1 is 1.32 bits per heavy atom. The van der Waals surface area contributed by atoms with Crippen LogP contribution in [-0.2, 0) is 0 Å². The van der Waals surface area contributed by atoms with Crippen molar-refractivity contribution in [1.82, 2.24) is 9.88 Å². The van der Waals surface area contributed by atoms with Gasteiger partial charge in [0.05, 0.1) is 11.6 Å². The smallest absolute Gasteiger partial charge is 0.0988 e. The van der Waals surface area contributed by atoms with Gasteiger partial charge in [0.25, 0.3) is 0 Å². The van der Waals surface area contributed by atoms with Gasteiger partial charge >= 0.3 is 0 Å². The van der Waals surface area contributed by atoms with Gasteiger partial charge in [-0.15, -0.1) is 0 Å². The van der Waals surface area contributed by atoms with Crippen LogP contribution in [0.2, 0.25) is 0 Å². The van der Waals surface area contributed by atoms with Crippen LogP contribution in [0.3, 0.4) is 0 Å². The molecule has 1 aliphatic rings. The van der Waals surface area contributed by atoms with Crippen LogP contribution in [0.1, 0.15) is 50.0 Å². The highest BCUT2D eigenvalue weighted by molar-refractivity contribution is 5.20. The highest BCUT2D eigenvalue weighted by Crippen LogP contribution is 2.43. The summed E-state index contributed by atoms with van der Waals surface area (Å²) in [5, 5.41) is 10.9. The predicted molar refractivity (Wildman–Crippen MR) is 78.0 cm³/mol. The number of likely N-dealkylation sites (N-methyl/N-ethyl adjacent to an activating group) is 1. The summed E-state index contributed by atoms with van der Waals surface area (Å²) in [6, 6.07) is 3.99. The van der Waals surface area contributed by atoms with Crippen LogP contribution in [-0.4, -0.2) is 34.6 Å². The highest BCUT2D eigenvalue weighted by atomic mass is 16.3. The molecule has 1 heterocycles. The molecule has 1 N–H and O–H groups in total. The molecule has 1 fully saturated rings. The molecule has 1 aliphatic carbocycles. The Kier molecular flexibility index (Phi) is 4.26. The summed E-state index contributed by atoms with van der Waals surface area (Å²) in [6.07, 6.45) is 5.85. The van der Waals surface area contributed by atoms with E-state index in [1.165, 1.54) is 12.8 Å². The molecular formula is C16H26N2O. The van der Waals surface area contributed by atoms with Crippen molar-refractivity contribution in [2.24, 2.45) is 5.92 Å². The van der Waals surface area contributed by atoms with Gasteiger partial charge in [0.1, 0.15) is 0 Å². The fraction of sp³-hybridized carbons (Fsp3) is 0.688. The zero-order valence-corrected chi connectivity index (χ0v) is 12.6. The van der Waals surface area contributed by atoms with Gasteiger partial charge in [0.2, 0.25) is 0 Å². The molecule has 1 aromatic heterocycles. The van der Waals surface area contributed by atoms with Crippen LogP contribution >= 0.6 is 0 Å². The topological polar surface area (TPSA) is 36.4 Å². The van der Waals surface area contributed by atoms with Crippen LogP contribution in [0, 0.1) is 12.8 Å². The van der Waals surface area contributed by atoms with Crippen molar-refractivity contribution in [2.75, 3.05) is 14.1 Å². The quantitative estimate of drug-likeness (QED) is 0.910. The minimum absolute atomic E-state index is 0.135. The largest absolute Gasteiger partial charge is 0.386 e. The molecular weight excluding hydrogens is 236 g/mol. The van der Waals surface area contributed by atoms with E-state index in [2.05, 4.69) is 30.9 Å². The number of aliphatic hydroxyl groups is 1. The van der Waals surface area contributed by atoms with E-state index >= 15 is 0 Å². The fourth-order valence-electron chi connectivity index (χ4n) is 3.18. The van der Waals surface area contributed by atoms with Crippen LogP contribution in [0.15, 0.2) is 18.3 Å². The number of hydrogen-bond donors (Lipinski definition) is 1. The molecule has 1 aromatic rings. The van der Waals surface area contributed by atoms with E-state index in [4.69, 9.17) is 0 Å². The Morgan fingerprint density at radius 2 is 1.95 bits per heavy atom. The normalized spacial score (nSPS) is 29.5. The zero-order chi connectivity index (χ0) is 14.0. The first-order valence-electron chi connectivity index (χ1n) is 7.24. The first-order valence-corrected chi connectivity index (χ1v) is 7.24. The van der Waals surface area contributed by atoms with Gasteiger partial charge in [-0.1, -0.05) is 13.0 Å². The van der Waals surface area contributed by atoms with Crippen LogP contribution in [0.5, 0.6) is 0 Å². The molecule has 1 atom stereocenters. The molecule has 0 saturated heterocycles. The predicted octanol–water partition coefficient (Wildman–Crippen LogP) is 2.93. The summed E-state index contributed by atoms with van der Waals surface area (Å²) >= 11 is 0. The van der Waals surface area contributed by atoms with E-state index < -0.39 is 6.10 Å². The molecule has 0 spiro atoms. The van der Waals surface area contributed by atoms with E-state index in [-0.39, 0.29) is 5.54 Å². The van der Waals surface area contributed by atoms with Gasteiger partial charge in [-0.25, -0.2) is 0 Å². The maximum Gasteiger partial charge on any atom is 0.0988 e. The van der Waals surface area contributed by atoms with Crippen LogP contribution in [0.4, 0.5) is 0 Å². The number of nitrogens with zero attached hydrogens (tertiary/aromatic N) is 2. The highest BCUT2D eigenvalue weighted by Gasteiger charge is 2.43. The van der Waals surface area contributed by atoms with E-state index in [1.54, 1.807) is 0 Å². The van der Waals surface area contributed by atoms with Crippen molar-refractivity contribution in [3.05, 3.63) is 29.6 Å². The first kappa shape index (κ1) is 14.5. The van der Waals surface area contributed by atoms with E-state index in [0.717, 1.165) is 30.0 Å². The lowest BCUT2D eigenvalue weighted by Gasteiger charge is -2.47. The fourth-order valence-corrected chi connectivity index (χ4v) is 3.18. The van der Waals surface area contributed by atoms with Crippen molar-refractivity contribution >= 4 is 0 Å². The summed E-state index contributed by atoms with van der Waals surface area (Å²) in [4.78, 5) is 6.53. The maximum atomic E-state index is 10.9. The third kappa shape index (κ3) is 2.82. The minimum atomic E-state index is -0.455. The molecule has 0 radical (unpaired) electrons. The van der Waals surface area contributed by atoms with E-state index in [9.17, 15) is 5.11 Å². The van der Waals surface area contributed by atoms with E-state index in [0.29, 0.717) is 0 Å². The third-order valence-electron chi connectivity index (χ3n) is 4.79. The second kappa shape index (κ2) is 5.59. The van der Waals surface area contributed by atoms with Crippen LogP contribution < -0.4 is 0 Å². The average molecular weight is 262 g/mol. The monoisotopic (exact) mass is 262 g/mol. The first-order chi connectivity index (χ1) is 8.95. The number of aliphatic hydroxyl groups excluding tert-OH is 1. The number of aryl methyl sites for hydroxylation is 1. The Morgan fingerprint density at radius 3 is 2.42 bits per heavy atom. The van der Waals surface area contributed by atoms with Crippen molar-refractivity contribution < 1.29 is 5.11 Å². The van der Waals surface area contributed by atoms with Crippen molar-refractivity contribution in [2.45, 2.75) is 51.2 Å². The molecule has 0 aliphatic heterocycles. The summed E-state index contributed by atoms with van der Waals surface area (Å²) in [7, 11) is 4.17. The lowest BCUT2D eigenvalue weighted by molar-refractivity contribution is -0.0409. The Labute approximate surface area is 116 Å². The number of rotatable bonds is 3. The molecule has 0 aromatic carbocycles. The van der Waals surface area contributed by atoms with Gasteiger partial charge in [0, 0.05) is 17.5 Å².